The quantitative estimate of drug-likeness (QED) is 0.486. The highest BCUT2D eigenvalue weighted by Gasteiger charge is 2.06. The molecule has 0 aliphatic carbocycles. The summed E-state index contributed by atoms with van der Waals surface area (Å²) in [5.41, 5.74) is 2.74. The van der Waals surface area contributed by atoms with Crippen molar-refractivity contribution >= 4 is 18.3 Å². The number of hydrogen-bond donors (Lipinski definition) is 1. The lowest BCUT2D eigenvalue weighted by Gasteiger charge is -2.03. The summed E-state index contributed by atoms with van der Waals surface area (Å²) >= 11 is 4.32. The van der Waals surface area contributed by atoms with E-state index >= 15 is 0 Å². The predicted octanol–water partition coefficient (Wildman–Crippen LogP) is 1.03. The highest BCUT2D eigenvalue weighted by molar-refractivity contribution is 7.80. The van der Waals surface area contributed by atoms with Crippen LogP contribution in [0.3, 0.4) is 0 Å². The summed E-state index contributed by atoms with van der Waals surface area (Å²) < 4.78 is 1.62. The first-order chi connectivity index (χ1) is 5.70. The molecule has 0 fully saturated rings. The van der Waals surface area contributed by atoms with Crippen molar-refractivity contribution in [2.45, 2.75) is 18.9 Å². The topological polar surface area (TPSA) is 43.1 Å². The monoisotopic (exact) mass is 180 g/mol. The van der Waals surface area contributed by atoms with Crippen molar-refractivity contribution in [1.29, 1.82) is 0 Å². The molecule has 0 aliphatic heterocycles. The van der Waals surface area contributed by atoms with Crippen LogP contribution in [-0.4, -0.2) is 19.8 Å². The molecule has 0 radical (unpaired) electrons. The molecule has 62 valence electrons. The van der Waals surface area contributed by atoms with Gasteiger partial charge in [0.1, 0.15) is 5.03 Å². The Labute approximate surface area is 75.0 Å². The highest BCUT2D eigenvalue weighted by atomic mass is 32.1. The molecule has 0 atom stereocenters. The SMILES string of the molecule is Cc1nc2cnnn2c(S)c1C. The maximum Gasteiger partial charge on any atom is 0.177 e. The standard InChI is InChI=1S/C7H8N4S/c1-4-5(2)9-6-3-8-10-11(6)7(4)12/h3,12H,1-2H3. The fraction of sp³-hybridized carbons (Fsp3) is 0.286. The van der Waals surface area contributed by atoms with Gasteiger partial charge < -0.3 is 0 Å². The summed E-state index contributed by atoms with van der Waals surface area (Å²) in [5, 5.41) is 8.39. The van der Waals surface area contributed by atoms with Crippen LogP contribution in [0.4, 0.5) is 0 Å². The molecule has 0 aromatic carbocycles. The molecule has 2 aromatic heterocycles. The van der Waals surface area contributed by atoms with Gasteiger partial charge in [-0.15, -0.1) is 17.7 Å². The molecule has 5 heteroatoms. The number of hydrogen-bond acceptors (Lipinski definition) is 4. The Morgan fingerprint density at radius 2 is 2.17 bits per heavy atom. The molecule has 0 spiro atoms. The molecule has 2 rings (SSSR count). The van der Waals surface area contributed by atoms with Crippen LogP contribution < -0.4 is 0 Å². The molecule has 0 saturated carbocycles. The Morgan fingerprint density at radius 1 is 1.42 bits per heavy atom. The van der Waals surface area contributed by atoms with Gasteiger partial charge in [0.2, 0.25) is 0 Å². The zero-order chi connectivity index (χ0) is 8.72. The molecule has 0 N–H and O–H groups in total. The molecule has 0 bridgehead atoms. The van der Waals surface area contributed by atoms with Crippen LogP contribution in [0.25, 0.3) is 5.65 Å². The summed E-state index contributed by atoms with van der Waals surface area (Å²) in [5.74, 6) is 0. The number of rotatable bonds is 0. The van der Waals surface area contributed by atoms with Crippen LogP contribution in [0, 0.1) is 13.8 Å². The second kappa shape index (κ2) is 2.45. The molecular formula is C7H8N4S. The van der Waals surface area contributed by atoms with Crippen molar-refractivity contribution < 1.29 is 0 Å². The molecular weight excluding hydrogens is 172 g/mol. The minimum Gasteiger partial charge on any atom is -0.232 e. The Hall–Kier alpha value is -1.10. The van der Waals surface area contributed by atoms with E-state index in [1.807, 2.05) is 13.8 Å². The average Bonchev–Trinajstić information content (AvgIpc) is 2.48. The Bertz CT molecular complexity index is 434. The van der Waals surface area contributed by atoms with Gasteiger partial charge in [-0.05, 0) is 13.8 Å². The molecule has 0 amide bonds. The summed E-state index contributed by atoms with van der Waals surface area (Å²) in [6, 6.07) is 0. The molecule has 4 nitrogen and oxygen atoms in total. The van der Waals surface area contributed by atoms with E-state index in [-0.39, 0.29) is 0 Å². The Balaban J connectivity index is 2.94. The maximum absolute atomic E-state index is 4.32. The Kier molecular flexibility index (Phi) is 1.54. The van der Waals surface area contributed by atoms with E-state index in [4.69, 9.17) is 0 Å². The van der Waals surface area contributed by atoms with E-state index < -0.39 is 0 Å². The van der Waals surface area contributed by atoms with Crippen LogP contribution in [0.2, 0.25) is 0 Å². The van der Waals surface area contributed by atoms with E-state index in [0.717, 1.165) is 21.9 Å². The summed E-state index contributed by atoms with van der Waals surface area (Å²) in [7, 11) is 0. The summed E-state index contributed by atoms with van der Waals surface area (Å²) in [6.45, 7) is 3.91. The first-order valence-electron chi connectivity index (χ1n) is 3.56. The first-order valence-corrected chi connectivity index (χ1v) is 4.01. The van der Waals surface area contributed by atoms with Crippen molar-refractivity contribution in [1.82, 2.24) is 19.8 Å². The predicted molar refractivity (Wildman–Crippen MR) is 47.5 cm³/mol. The number of fused-ring (bicyclic) bond motifs is 1. The van der Waals surface area contributed by atoms with Gasteiger partial charge >= 0.3 is 0 Å². The van der Waals surface area contributed by atoms with Crippen molar-refractivity contribution in [2.75, 3.05) is 0 Å². The third-order valence-electron chi connectivity index (χ3n) is 1.89. The lowest BCUT2D eigenvalue weighted by molar-refractivity contribution is 0.765. The van der Waals surface area contributed by atoms with Gasteiger partial charge in [0.15, 0.2) is 5.65 Å². The van der Waals surface area contributed by atoms with Crippen LogP contribution in [0.15, 0.2) is 11.2 Å². The van der Waals surface area contributed by atoms with Gasteiger partial charge in [-0.1, -0.05) is 5.21 Å². The summed E-state index contributed by atoms with van der Waals surface area (Å²) in [4.78, 5) is 4.29. The fourth-order valence-corrected chi connectivity index (χ4v) is 1.34. The van der Waals surface area contributed by atoms with Crippen molar-refractivity contribution in [2.24, 2.45) is 0 Å². The summed E-state index contributed by atoms with van der Waals surface area (Å²) in [6.07, 6.45) is 1.62. The third kappa shape index (κ3) is 0.896. The van der Waals surface area contributed by atoms with Crippen LogP contribution >= 0.6 is 12.6 Å². The normalized spacial score (nSPS) is 10.9. The van der Waals surface area contributed by atoms with Crippen molar-refractivity contribution in [3.8, 4) is 0 Å². The lowest BCUT2D eigenvalue weighted by atomic mass is 10.3. The number of aromatic nitrogens is 4. The van der Waals surface area contributed by atoms with E-state index in [1.165, 1.54) is 0 Å². The number of nitrogens with zero attached hydrogens (tertiary/aromatic N) is 4. The van der Waals surface area contributed by atoms with Gasteiger partial charge in [0.05, 0.1) is 6.20 Å². The smallest absolute Gasteiger partial charge is 0.177 e. The van der Waals surface area contributed by atoms with Gasteiger partial charge in [0, 0.05) is 11.3 Å². The zero-order valence-electron chi connectivity index (χ0n) is 6.81. The second-order valence-corrected chi connectivity index (χ2v) is 3.07. The average molecular weight is 180 g/mol. The lowest BCUT2D eigenvalue weighted by Crippen LogP contribution is -1.99. The van der Waals surface area contributed by atoms with E-state index in [2.05, 4.69) is 27.9 Å². The molecule has 0 aliphatic rings. The third-order valence-corrected chi connectivity index (χ3v) is 2.42. The van der Waals surface area contributed by atoms with Crippen LogP contribution in [-0.2, 0) is 0 Å². The van der Waals surface area contributed by atoms with E-state index in [1.54, 1.807) is 10.7 Å². The molecule has 0 unspecified atom stereocenters. The van der Waals surface area contributed by atoms with Gasteiger partial charge in [-0.25, -0.2) is 4.98 Å². The second-order valence-electron chi connectivity index (χ2n) is 2.65. The molecule has 12 heavy (non-hydrogen) atoms. The minimum atomic E-state index is 0.739. The number of thiol groups is 1. The minimum absolute atomic E-state index is 0.739. The van der Waals surface area contributed by atoms with E-state index in [0.29, 0.717) is 0 Å². The van der Waals surface area contributed by atoms with Crippen LogP contribution in [0.5, 0.6) is 0 Å². The van der Waals surface area contributed by atoms with Crippen LogP contribution in [0.1, 0.15) is 11.3 Å². The molecule has 2 aromatic rings. The molecule has 0 saturated heterocycles. The first kappa shape index (κ1) is 7.54. The van der Waals surface area contributed by atoms with Crippen molar-refractivity contribution in [3.05, 3.63) is 17.5 Å². The van der Waals surface area contributed by atoms with E-state index in [9.17, 15) is 0 Å². The maximum atomic E-state index is 4.32. The fourth-order valence-electron chi connectivity index (χ4n) is 1.03. The van der Waals surface area contributed by atoms with Gasteiger partial charge in [-0.3, -0.25) is 0 Å². The van der Waals surface area contributed by atoms with Gasteiger partial charge in [-0.2, -0.15) is 4.52 Å². The number of aryl methyl sites for hydroxylation is 1. The largest absolute Gasteiger partial charge is 0.232 e. The van der Waals surface area contributed by atoms with Crippen molar-refractivity contribution in [3.63, 3.8) is 0 Å². The zero-order valence-corrected chi connectivity index (χ0v) is 7.71. The Morgan fingerprint density at radius 3 is 2.92 bits per heavy atom. The molecule has 2 heterocycles. The highest BCUT2D eigenvalue weighted by Crippen LogP contribution is 2.15. The van der Waals surface area contributed by atoms with Gasteiger partial charge in [0.25, 0.3) is 0 Å².